The smallest absolute Gasteiger partial charge is 0.305 e. The van der Waals surface area contributed by atoms with Gasteiger partial charge in [-0.3, -0.25) is 4.79 Å². The predicted octanol–water partition coefficient (Wildman–Crippen LogP) is 3.78. The summed E-state index contributed by atoms with van der Waals surface area (Å²) in [6.45, 7) is 0. The third-order valence-electron chi connectivity index (χ3n) is 3.97. The molecular weight excluding hydrogens is 381 g/mol. The largest absolute Gasteiger partial charge is 0.469 e. The molecule has 0 fully saturated rings. The van der Waals surface area contributed by atoms with E-state index in [1.807, 2.05) is 0 Å². The number of carbonyl (C=O) groups excluding carboxylic acids is 1. The molecule has 0 amide bonds. The van der Waals surface area contributed by atoms with Gasteiger partial charge in [-0.25, -0.2) is 16.8 Å². The molecule has 1 aromatic heterocycles. The maximum absolute atomic E-state index is 13.8. The Kier molecular flexibility index (Phi) is 5.02. The lowest BCUT2D eigenvalue weighted by atomic mass is 10.2. The normalized spacial score (nSPS) is 11.7. The minimum Gasteiger partial charge on any atom is -0.469 e. The summed E-state index contributed by atoms with van der Waals surface area (Å²) in [5.74, 6) is -1.11. The topological polar surface area (TPSA) is 65.4 Å². The van der Waals surface area contributed by atoms with E-state index >= 15 is 0 Å². The van der Waals surface area contributed by atoms with Crippen molar-refractivity contribution in [2.75, 3.05) is 7.11 Å². The second-order valence-corrected chi connectivity index (χ2v) is 7.81. The van der Waals surface area contributed by atoms with Crippen molar-refractivity contribution in [3.8, 4) is 0 Å². The lowest BCUT2D eigenvalue weighted by Crippen LogP contribution is -2.16. The second kappa shape index (κ2) is 7.09. The molecule has 0 radical (unpaired) electrons. The van der Waals surface area contributed by atoms with Crippen LogP contribution in [0.1, 0.15) is 12.1 Å². The molecule has 0 atom stereocenters. The van der Waals surface area contributed by atoms with Gasteiger partial charge in [0.05, 0.1) is 29.0 Å². The van der Waals surface area contributed by atoms with E-state index in [1.165, 1.54) is 37.4 Å². The predicted molar refractivity (Wildman–Crippen MR) is 96.3 cm³/mol. The van der Waals surface area contributed by atoms with Gasteiger partial charge in [0.25, 0.3) is 10.0 Å². The van der Waals surface area contributed by atoms with Crippen LogP contribution in [0.4, 0.5) is 4.39 Å². The number of halogens is 2. The molecule has 0 aliphatic heterocycles. The average molecular weight is 396 g/mol. The number of methoxy groups -OCH3 is 1. The highest BCUT2D eigenvalue weighted by Gasteiger charge is 2.24. The average Bonchev–Trinajstić information content (AvgIpc) is 2.98. The van der Waals surface area contributed by atoms with Gasteiger partial charge in [0.2, 0.25) is 0 Å². The molecule has 0 unspecified atom stereocenters. The minimum atomic E-state index is -3.95. The number of nitrogens with zero attached hydrogens (tertiary/aromatic N) is 1. The van der Waals surface area contributed by atoms with E-state index in [4.69, 9.17) is 11.6 Å². The molecule has 0 spiro atoms. The fourth-order valence-corrected chi connectivity index (χ4v) is 4.46. The number of hydrogen-bond donors (Lipinski definition) is 0. The Bertz CT molecular complexity index is 1080. The van der Waals surface area contributed by atoms with E-state index < -0.39 is 21.8 Å². The summed E-state index contributed by atoms with van der Waals surface area (Å²) >= 11 is 5.86. The molecule has 0 N–H and O–H groups in total. The Labute approximate surface area is 155 Å². The number of aryl methyl sites for hydroxylation is 1. The highest BCUT2D eigenvalue weighted by atomic mass is 35.5. The molecule has 0 aliphatic rings. The third kappa shape index (κ3) is 3.32. The lowest BCUT2D eigenvalue weighted by Gasteiger charge is -2.12. The van der Waals surface area contributed by atoms with Crippen molar-refractivity contribution in [1.82, 2.24) is 3.97 Å². The summed E-state index contributed by atoms with van der Waals surface area (Å²) in [6.07, 6.45) is 0.111. The molecule has 0 saturated carbocycles. The van der Waals surface area contributed by atoms with Gasteiger partial charge in [-0.05, 0) is 36.8 Å². The molecule has 136 valence electrons. The van der Waals surface area contributed by atoms with Crippen LogP contribution in [-0.2, 0) is 26.0 Å². The van der Waals surface area contributed by atoms with Crippen LogP contribution in [0.5, 0.6) is 0 Å². The number of benzene rings is 2. The quantitative estimate of drug-likeness (QED) is 0.617. The van der Waals surface area contributed by atoms with Crippen LogP contribution in [-0.4, -0.2) is 25.5 Å². The molecule has 2 aromatic carbocycles. The first-order valence-electron chi connectivity index (χ1n) is 7.71. The molecule has 0 saturated heterocycles. The Hall–Kier alpha value is -2.38. The van der Waals surface area contributed by atoms with E-state index in [9.17, 15) is 17.6 Å². The summed E-state index contributed by atoms with van der Waals surface area (Å²) in [4.78, 5) is 11.6. The van der Waals surface area contributed by atoms with Crippen LogP contribution in [0.25, 0.3) is 10.9 Å². The van der Waals surface area contributed by atoms with Crippen molar-refractivity contribution in [2.24, 2.45) is 0 Å². The number of fused-ring (bicyclic) bond motifs is 1. The van der Waals surface area contributed by atoms with Gasteiger partial charge in [0.15, 0.2) is 0 Å². The van der Waals surface area contributed by atoms with Crippen LogP contribution in [0.2, 0.25) is 5.02 Å². The Morgan fingerprint density at radius 2 is 1.88 bits per heavy atom. The molecule has 26 heavy (non-hydrogen) atoms. The molecule has 0 bridgehead atoms. The summed E-state index contributed by atoms with van der Waals surface area (Å²) in [5, 5.41) is 0.200. The van der Waals surface area contributed by atoms with Gasteiger partial charge in [-0.1, -0.05) is 29.8 Å². The standard InChI is InChI=1S/C18H15ClFNO4S/c1-25-18(22)8-7-13-9-12-10-16(20)15(19)11-17(12)21(13)26(23,24)14-5-3-2-4-6-14/h2-6,9-11H,7-8H2,1H3. The van der Waals surface area contributed by atoms with Crippen LogP contribution in [0.15, 0.2) is 53.4 Å². The molecule has 3 rings (SSSR count). The highest BCUT2D eigenvalue weighted by molar-refractivity contribution is 7.90. The van der Waals surface area contributed by atoms with Crippen molar-refractivity contribution >= 4 is 38.5 Å². The Balaban J connectivity index is 2.23. The van der Waals surface area contributed by atoms with Gasteiger partial charge in [0.1, 0.15) is 5.82 Å². The van der Waals surface area contributed by atoms with Crippen molar-refractivity contribution in [2.45, 2.75) is 17.7 Å². The zero-order chi connectivity index (χ0) is 18.9. The number of rotatable bonds is 5. The highest BCUT2D eigenvalue weighted by Crippen LogP contribution is 2.30. The van der Waals surface area contributed by atoms with Crippen molar-refractivity contribution in [1.29, 1.82) is 0 Å². The van der Waals surface area contributed by atoms with Crippen molar-refractivity contribution in [3.05, 3.63) is 65.1 Å². The first-order valence-corrected chi connectivity index (χ1v) is 9.53. The molecule has 8 heteroatoms. The maximum Gasteiger partial charge on any atom is 0.305 e. The van der Waals surface area contributed by atoms with Crippen LogP contribution in [0.3, 0.4) is 0 Å². The van der Waals surface area contributed by atoms with E-state index in [0.29, 0.717) is 11.1 Å². The van der Waals surface area contributed by atoms with Crippen LogP contribution >= 0.6 is 11.6 Å². The van der Waals surface area contributed by atoms with Crippen molar-refractivity contribution in [3.63, 3.8) is 0 Å². The lowest BCUT2D eigenvalue weighted by molar-refractivity contribution is -0.140. The maximum atomic E-state index is 13.8. The van der Waals surface area contributed by atoms with Crippen LogP contribution in [0, 0.1) is 5.82 Å². The molecule has 1 heterocycles. The zero-order valence-corrected chi connectivity index (χ0v) is 15.3. The molecular formula is C18H15ClFNO4S. The fraction of sp³-hybridized carbons (Fsp3) is 0.167. The first kappa shape index (κ1) is 18.4. The van der Waals surface area contributed by atoms with E-state index in [2.05, 4.69) is 4.74 Å². The van der Waals surface area contributed by atoms with E-state index in [-0.39, 0.29) is 28.3 Å². The summed E-state index contributed by atoms with van der Waals surface area (Å²) in [6, 6.07) is 11.9. The van der Waals surface area contributed by atoms with Gasteiger partial charge in [-0.15, -0.1) is 0 Å². The SMILES string of the molecule is COC(=O)CCc1cc2cc(F)c(Cl)cc2n1S(=O)(=O)c1ccccc1. The Morgan fingerprint density at radius 3 is 2.54 bits per heavy atom. The van der Waals surface area contributed by atoms with Gasteiger partial charge < -0.3 is 4.74 Å². The number of hydrogen-bond acceptors (Lipinski definition) is 4. The number of esters is 1. The fourth-order valence-electron chi connectivity index (χ4n) is 2.72. The monoisotopic (exact) mass is 395 g/mol. The molecule has 3 aromatic rings. The summed E-state index contributed by atoms with van der Waals surface area (Å²) < 4.78 is 45.8. The Morgan fingerprint density at radius 1 is 1.19 bits per heavy atom. The summed E-state index contributed by atoms with van der Waals surface area (Å²) in [5.41, 5.74) is 0.594. The zero-order valence-electron chi connectivity index (χ0n) is 13.8. The van der Waals surface area contributed by atoms with Gasteiger partial charge >= 0.3 is 5.97 Å². The van der Waals surface area contributed by atoms with E-state index in [1.54, 1.807) is 18.2 Å². The van der Waals surface area contributed by atoms with E-state index in [0.717, 1.165) is 3.97 Å². The third-order valence-corrected chi connectivity index (χ3v) is 6.04. The molecule has 5 nitrogen and oxygen atoms in total. The number of ether oxygens (including phenoxy) is 1. The minimum absolute atomic E-state index is 0.00660. The summed E-state index contributed by atoms with van der Waals surface area (Å²) in [7, 11) is -2.70. The van der Waals surface area contributed by atoms with Gasteiger partial charge in [-0.2, -0.15) is 0 Å². The van der Waals surface area contributed by atoms with Gasteiger partial charge in [0, 0.05) is 11.1 Å². The number of carbonyl (C=O) groups is 1. The van der Waals surface area contributed by atoms with Crippen LogP contribution < -0.4 is 0 Å². The number of aromatic nitrogens is 1. The molecule has 0 aliphatic carbocycles. The second-order valence-electron chi connectivity index (χ2n) is 5.62. The first-order chi connectivity index (χ1) is 12.3. The van der Waals surface area contributed by atoms with Crippen molar-refractivity contribution < 1.29 is 22.3 Å².